The van der Waals surface area contributed by atoms with Gasteiger partial charge in [0.25, 0.3) is 5.91 Å². The maximum absolute atomic E-state index is 12.0. The van der Waals surface area contributed by atoms with Gasteiger partial charge < -0.3 is 15.5 Å². The fraction of sp³-hybridized carbons (Fsp3) is 0. The number of furan rings is 1. The van der Waals surface area contributed by atoms with Crippen LogP contribution in [0.2, 0.25) is 5.22 Å². The van der Waals surface area contributed by atoms with Gasteiger partial charge >= 0.3 is 0 Å². The molecule has 0 spiro atoms. The summed E-state index contributed by atoms with van der Waals surface area (Å²) in [5.41, 5.74) is 7.67. The number of halogens is 1. The van der Waals surface area contributed by atoms with E-state index in [0.29, 0.717) is 16.9 Å². The summed E-state index contributed by atoms with van der Waals surface area (Å²) in [6, 6.07) is 10.1. The molecule has 0 aliphatic heterocycles. The van der Waals surface area contributed by atoms with Crippen molar-refractivity contribution in [1.82, 2.24) is 4.98 Å². The van der Waals surface area contributed by atoms with E-state index in [4.69, 9.17) is 21.8 Å². The molecule has 0 aliphatic rings. The SMILES string of the molecule is Nc1ccc(NC(=O)c2ccc(Cl)o2)c2cccnc12. The summed E-state index contributed by atoms with van der Waals surface area (Å²) >= 11 is 5.65. The van der Waals surface area contributed by atoms with E-state index in [1.165, 1.54) is 12.1 Å². The number of pyridine rings is 1. The number of nitrogens with zero attached hydrogens (tertiary/aromatic N) is 1. The fourth-order valence-electron chi connectivity index (χ4n) is 1.92. The zero-order valence-electron chi connectivity index (χ0n) is 10.3. The summed E-state index contributed by atoms with van der Waals surface area (Å²) in [5.74, 6) is -0.240. The third kappa shape index (κ3) is 2.19. The van der Waals surface area contributed by atoms with E-state index in [9.17, 15) is 4.79 Å². The Hall–Kier alpha value is -2.53. The van der Waals surface area contributed by atoms with Crippen molar-refractivity contribution in [2.75, 3.05) is 11.1 Å². The van der Waals surface area contributed by atoms with Gasteiger partial charge in [0.05, 0.1) is 16.9 Å². The van der Waals surface area contributed by atoms with Crippen LogP contribution in [0.5, 0.6) is 0 Å². The van der Waals surface area contributed by atoms with Crippen molar-refractivity contribution in [2.45, 2.75) is 0 Å². The van der Waals surface area contributed by atoms with E-state index in [1.54, 1.807) is 24.4 Å². The number of amides is 1. The number of anilines is 2. The molecule has 0 radical (unpaired) electrons. The maximum Gasteiger partial charge on any atom is 0.291 e. The minimum atomic E-state index is -0.383. The Labute approximate surface area is 119 Å². The zero-order valence-corrected chi connectivity index (χ0v) is 11.0. The van der Waals surface area contributed by atoms with Crippen LogP contribution in [-0.2, 0) is 0 Å². The normalized spacial score (nSPS) is 10.7. The lowest BCUT2D eigenvalue weighted by Crippen LogP contribution is -2.11. The molecule has 1 amide bonds. The fourth-order valence-corrected chi connectivity index (χ4v) is 2.07. The number of aromatic nitrogens is 1. The first-order chi connectivity index (χ1) is 9.65. The van der Waals surface area contributed by atoms with Crippen LogP contribution in [0.4, 0.5) is 11.4 Å². The minimum Gasteiger partial charge on any atom is -0.440 e. The van der Waals surface area contributed by atoms with Crippen molar-refractivity contribution in [2.24, 2.45) is 0 Å². The van der Waals surface area contributed by atoms with E-state index in [1.807, 2.05) is 6.07 Å². The molecule has 2 aromatic heterocycles. The lowest BCUT2D eigenvalue weighted by atomic mass is 10.1. The molecule has 3 rings (SSSR count). The predicted molar refractivity (Wildman–Crippen MR) is 77.8 cm³/mol. The molecule has 0 aliphatic carbocycles. The number of carbonyl (C=O) groups is 1. The van der Waals surface area contributed by atoms with E-state index in [0.717, 1.165) is 5.39 Å². The van der Waals surface area contributed by atoms with Crippen molar-refractivity contribution in [3.63, 3.8) is 0 Å². The van der Waals surface area contributed by atoms with Crippen LogP contribution < -0.4 is 11.1 Å². The number of nitrogens with two attached hydrogens (primary N) is 1. The molecule has 5 nitrogen and oxygen atoms in total. The van der Waals surface area contributed by atoms with Gasteiger partial charge in [-0.15, -0.1) is 0 Å². The van der Waals surface area contributed by atoms with E-state index in [2.05, 4.69) is 10.3 Å². The van der Waals surface area contributed by atoms with Crippen LogP contribution in [0, 0.1) is 0 Å². The van der Waals surface area contributed by atoms with Gasteiger partial charge in [-0.3, -0.25) is 9.78 Å². The Morgan fingerprint density at radius 3 is 2.85 bits per heavy atom. The predicted octanol–water partition coefficient (Wildman–Crippen LogP) is 3.32. The molecule has 0 saturated carbocycles. The highest BCUT2D eigenvalue weighted by molar-refractivity contribution is 6.29. The molecule has 0 atom stereocenters. The molecule has 20 heavy (non-hydrogen) atoms. The standard InChI is InChI=1S/C14H10ClN3O2/c15-12-6-5-11(20-12)14(19)18-10-4-3-9(16)13-8(10)2-1-7-17-13/h1-7H,16H2,(H,18,19). The minimum absolute atomic E-state index is 0.142. The average molecular weight is 288 g/mol. The van der Waals surface area contributed by atoms with Crippen LogP contribution in [0.15, 0.2) is 47.0 Å². The second kappa shape index (κ2) is 4.86. The monoisotopic (exact) mass is 287 g/mol. The van der Waals surface area contributed by atoms with Crippen LogP contribution in [0.3, 0.4) is 0 Å². The number of rotatable bonds is 2. The summed E-state index contributed by atoms with van der Waals surface area (Å²) < 4.78 is 5.07. The Balaban J connectivity index is 1.99. The molecule has 3 aromatic rings. The topological polar surface area (TPSA) is 81.1 Å². The summed E-state index contributed by atoms with van der Waals surface area (Å²) in [4.78, 5) is 16.2. The first-order valence-corrected chi connectivity index (χ1v) is 6.23. The van der Waals surface area contributed by atoms with Crippen LogP contribution in [0.1, 0.15) is 10.6 Å². The Bertz CT molecular complexity index is 798. The third-order valence-corrected chi connectivity index (χ3v) is 3.05. The van der Waals surface area contributed by atoms with Gasteiger partial charge in [-0.25, -0.2) is 0 Å². The highest BCUT2D eigenvalue weighted by Crippen LogP contribution is 2.27. The lowest BCUT2D eigenvalue weighted by Gasteiger charge is -2.08. The Morgan fingerprint density at radius 1 is 1.25 bits per heavy atom. The second-order valence-electron chi connectivity index (χ2n) is 4.16. The molecule has 3 N–H and O–H groups in total. The van der Waals surface area contributed by atoms with E-state index < -0.39 is 0 Å². The van der Waals surface area contributed by atoms with Gasteiger partial charge in [0.15, 0.2) is 11.0 Å². The Morgan fingerprint density at radius 2 is 2.10 bits per heavy atom. The van der Waals surface area contributed by atoms with E-state index >= 15 is 0 Å². The van der Waals surface area contributed by atoms with Gasteiger partial charge in [0, 0.05) is 11.6 Å². The summed E-state index contributed by atoms with van der Waals surface area (Å²) in [7, 11) is 0. The largest absolute Gasteiger partial charge is 0.440 e. The zero-order chi connectivity index (χ0) is 14.1. The van der Waals surface area contributed by atoms with Crippen LogP contribution >= 0.6 is 11.6 Å². The molecule has 6 heteroatoms. The smallest absolute Gasteiger partial charge is 0.291 e. The molecule has 0 saturated heterocycles. The highest BCUT2D eigenvalue weighted by atomic mass is 35.5. The van der Waals surface area contributed by atoms with Crippen molar-refractivity contribution in [1.29, 1.82) is 0 Å². The van der Waals surface area contributed by atoms with Gasteiger partial charge in [-0.2, -0.15) is 0 Å². The maximum atomic E-state index is 12.0. The number of hydrogen-bond donors (Lipinski definition) is 2. The molecule has 2 heterocycles. The highest BCUT2D eigenvalue weighted by Gasteiger charge is 2.13. The van der Waals surface area contributed by atoms with Gasteiger partial charge in [0.2, 0.25) is 0 Å². The number of nitrogen functional groups attached to an aromatic ring is 1. The van der Waals surface area contributed by atoms with Gasteiger partial charge in [-0.05, 0) is 48.0 Å². The third-order valence-electron chi connectivity index (χ3n) is 2.85. The van der Waals surface area contributed by atoms with Crippen LogP contribution in [-0.4, -0.2) is 10.9 Å². The summed E-state index contributed by atoms with van der Waals surface area (Å²) in [6.07, 6.45) is 1.65. The molecule has 100 valence electrons. The van der Waals surface area contributed by atoms with E-state index in [-0.39, 0.29) is 16.9 Å². The molecule has 0 bridgehead atoms. The van der Waals surface area contributed by atoms with Gasteiger partial charge in [0.1, 0.15) is 0 Å². The number of nitrogens with one attached hydrogen (secondary N) is 1. The number of carbonyl (C=O) groups excluding carboxylic acids is 1. The van der Waals surface area contributed by atoms with Crippen molar-refractivity contribution < 1.29 is 9.21 Å². The number of benzene rings is 1. The Kier molecular flexibility index (Phi) is 3.04. The van der Waals surface area contributed by atoms with Crippen molar-refractivity contribution >= 4 is 39.8 Å². The second-order valence-corrected chi connectivity index (χ2v) is 4.53. The van der Waals surface area contributed by atoms with Gasteiger partial charge in [-0.1, -0.05) is 0 Å². The number of hydrogen-bond acceptors (Lipinski definition) is 4. The molecule has 0 fully saturated rings. The average Bonchev–Trinajstić information content (AvgIpc) is 2.89. The molecular weight excluding hydrogens is 278 g/mol. The van der Waals surface area contributed by atoms with Crippen molar-refractivity contribution in [3.8, 4) is 0 Å². The molecular formula is C14H10ClN3O2. The summed E-state index contributed by atoms with van der Waals surface area (Å²) in [5, 5.41) is 3.68. The summed E-state index contributed by atoms with van der Waals surface area (Å²) in [6.45, 7) is 0. The quantitative estimate of drug-likeness (QED) is 0.709. The van der Waals surface area contributed by atoms with Crippen LogP contribution in [0.25, 0.3) is 10.9 Å². The molecule has 1 aromatic carbocycles. The molecule has 0 unspecified atom stereocenters. The van der Waals surface area contributed by atoms with Crippen molar-refractivity contribution in [3.05, 3.63) is 53.6 Å². The first kappa shape index (κ1) is 12.5. The number of fused-ring (bicyclic) bond motifs is 1. The lowest BCUT2D eigenvalue weighted by molar-refractivity contribution is 0.0997. The first-order valence-electron chi connectivity index (χ1n) is 5.85.